The fraction of sp³-hybridized carbons (Fsp3) is 0.417. The van der Waals surface area contributed by atoms with Gasteiger partial charge in [-0.15, -0.1) is 9.24 Å². The van der Waals surface area contributed by atoms with Gasteiger partial charge in [-0.1, -0.05) is 18.6 Å². The second-order valence-electron chi connectivity index (χ2n) is 3.77. The topological polar surface area (TPSA) is 55.1 Å². The van der Waals surface area contributed by atoms with Crippen molar-refractivity contribution in [3.05, 3.63) is 24.3 Å². The van der Waals surface area contributed by atoms with E-state index in [2.05, 4.69) is 14.6 Å². The van der Waals surface area contributed by atoms with E-state index >= 15 is 0 Å². The van der Waals surface area contributed by atoms with Crippen molar-refractivity contribution in [2.24, 2.45) is 5.73 Å². The summed E-state index contributed by atoms with van der Waals surface area (Å²) < 4.78 is 0. The molecule has 3 N–H and O–H groups in total. The maximum Gasteiger partial charge on any atom is 0.224 e. The van der Waals surface area contributed by atoms with Crippen LogP contribution in [-0.2, 0) is 4.79 Å². The van der Waals surface area contributed by atoms with Crippen molar-refractivity contribution in [3.63, 3.8) is 0 Å². The Balaban J connectivity index is 2.29. The van der Waals surface area contributed by atoms with E-state index in [1.165, 1.54) is 0 Å². The van der Waals surface area contributed by atoms with Gasteiger partial charge in [-0.2, -0.15) is 0 Å². The summed E-state index contributed by atoms with van der Waals surface area (Å²) >= 11 is 0. The summed E-state index contributed by atoms with van der Waals surface area (Å²) in [7, 11) is 2.61. The van der Waals surface area contributed by atoms with Gasteiger partial charge in [-0.3, -0.25) is 4.79 Å². The first kappa shape index (κ1) is 13.1. The van der Waals surface area contributed by atoms with Gasteiger partial charge < -0.3 is 11.1 Å². The number of benzene rings is 1. The van der Waals surface area contributed by atoms with Gasteiger partial charge in [0.25, 0.3) is 0 Å². The molecule has 16 heavy (non-hydrogen) atoms. The summed E-state index contributed by atoms with van der Waals surface area (Å²) in [6, 6.07) is 7.72. The van der Waals surface area contributed by atoms with Gasteiger partial charge in [0.15, 0.2) is 0 Å². The van der Waals surface area contributed by atoms with E-state index in [1.807, 2.05) is 24.3 Å². The molecule has 1 rings (SSSR count). The molecule has 0 radical (unpaired) electrons. The summed E-state index contributed by atoms with van der Waals surface area (Å²) in [6.45, 7) is 0.705. The zero-order valence-corrected chi connectivity index (χ0v) is 10.6. The molecule has 0 spiro atoms. The van der Waals surface area contributed by atoms with E-state index in [0.29, 0.717) is 13.0 Å². The van der Waals surface area contributed by atoms with Crippen molar-refractivity contribution in [1.29, 1.82) is 0 Å². The number of unbranched alkanes of at least 4 members (excludes halogenated alkanes) is 2. The van der Waals surface area contributed by atoms with E-state index in [4.69, 9.17) is 5.73 Å². The molecule has 0 heterocycles. The molecule has 3 nitrogen and oxygen atoms in total. The molecule has 1 atom stereocenters. The Kier molecular flexibility index (Phi) is 6.05. The number of hydrogen-bond acceptors (Lipinski definition) is 2. The van der Waals surface area contributed by atoms with Crippen LogP contribution in [0.4, 0.5) is 5.69 Å². The first-order chi connectivity index (χ1) is 7.72. The van der Waals surface area contributed by atoms with Crippen LogP contribution in [0.1, 0.15) is 25.7 Å². The zero-order valence-electron chi connectivity index (χ0n) is 9.41. The summed E-state index contributed by atoms with van der Waals surface area (Å²) in [5.74, 6) is 0.0765. The average molecular weight is 238 g/mol. The first-order valence-corrected chi connectivity index (χ1v) is 6.15. The molecule has 4 heteroatoms. The Labute approximate surface area is 99.0 Å². The third kappa shape index (κ3) is 5.24. The highest BCUT2D eigenvalue weighted by atomic mass is 31.0. The molecule has 88 valence electrons. The largest absolute Gasteiger partial charge is 0.330 e. The third-order valence-electron chi connectivity index (χ3n) is 2.28. The summed E-state index contributed by atoms with van der Waals surface area (Å²) in [5.41, 5.74) is 6.24. The Morgan fingerprint density at radius 1 is 1.31 bits per heavy atom. The predicted octanol–water partition coefficient (Wildman–Crippen LogP) is 1.64. The monoisotopic (exact) mass is 238 g/mol. The number of hydrogen-bond donors (Lipinski definition) is 2. The lowest BCUT2D eigenvalue weighted by atomic mass is 10.2. The van der Waals surface area contributed by atoms with Gasteiger partial charge >= 0.3 is 0 Å². The first-order valence-electron chi connectivity index (χ1n) is 5.58. The molecule has 0 aliphatic rings. The number of anilines is 1. The van der Waals surface area contributed by atoms with Crippen molar-refractivity contribution < 1.29 is 4.79 Å². The second kappa shape index (κ2) is 7.37. The molecule has 1 unspecified atom stereocenters. The summed E-state index contributed by atoms with van der Waals surface area (Å²) in [5, 5.41) is 3.95. The summed E-state index contributed by atoms with van der Waals surface area (Å²) in [6.07, 6.45) is 3.49. The molecule has 0 saturated heterocycles. The van der Waals surface area contributed by atoms with Crippen LogP contribution in [0, 0.1) is 0 Å². The van der Waals surface area contributed by atoms with Crippen LogP contribution in [0.15, 0.2) is 24.3 Å². The molecule has 1 amide bonds. The van der Waals surface area contributed by atoms with Gasteiger partial charge in [-0.25, -0.2) is 0 Å². The number of amides is 1. The highest BCUT2D eigenvalue weighted by molar-refractivity contribution is 7.27. The van der Waals surface area contributed by atoms with Crippen LogP contribution in [0.5, 0.6) is 0 Å². The predicted molar refractivity (Wildman–Crippen MR) is 71.9 cm³/mol. The highest BCUT2D eigenvalue weighted by Gasteiger charge is 2.01. The van der Waals surface area contributed by atoms with E-state index < -0.39 is 0 Å². The molecule has 0 aromatic heterocycles. The van der Waals surface area contributed by atoms with Crippen LogP contribution in [0.3, 0.4) is 0 Å². The number of nitrogens with one attached hydrogen (secondary N) is 1. The Hall–Kier alpha value is -0.920. The molecule has 0 aliphatic heterocycles. The van der Waals surface area contributed by atoms with Gasteiger partial charge in [0.2, 0.25) is 5.91 Å². The Morgan fingerprint density at radius 2 is 2.12 bits per heavy atom. The van der Waals surface area contributed by atoms with Crippen LogP contribution < -0.4 is 16.4 Å². The molecule has 1 aromatic carbocycles. The number of nitrogens with two attached hydrogens (primary N) is 1. The molecule has 0 saturated carbocycles. The van der Waals surface area contributed by atoms with E-state index in [-0.39, 0.29) is 5.91 Å². The summed E-state index contributed by atoms with van der Waals surface area (Å²) in [4.78, 5) is 11.5. The molecule has 0 aliphatic carbocycles. The molecular formula is C12H19N2OP. The lowest BCUT2D eigenvalue weighted by Crippen LogP contribution is -2.12. The standard InChI is InChI=1S/C12H19N2OP/c13-8-3-1-2-7-12(15)14-10-5-4-6-11(16)9-10/h4-6,9H,1-3,7-8,13,16H2,(H,14,15). The molecular weight excluding hydrogens is 219 g/mol. The van der Waals surface area contributed by atoms with E-state index in [1.54, 1.807) is 0 Å². The highest BCUT2D eigenvalue weighted by Crippen LogP contribution is 2.07. The Bertz CT molecular complexity index is 342. The molecule has 1 aromatic rings. The minimum absolute atomic E-state index is 0.0765. The van der Waals surface area contributed by atoms with Crippen LogP contribution >= 0.6 is 9.24 Å². The van der Waals surface area contributed by atoms with Gasteiger partial charge in [0.05, 0.1) is 0 Å². The maximum absolute atomic E-state index is 11.5. The van der Waals surface area contributed by atoms with Crippen molar-refractivity contribution in [3.8, 4) is 0 Å². The van der Waals surface area contributed by atoms with Gasteiger partial charge in [0, 0.05) is 12.1 Å². The number of carbonyl (C=O) groups is 1. The normalized spacial score (nSPS) is 10.1. The quantitative estimate of drug-likeness (QED) is 0.584. The average Bonchev–Trinajstić information content (AvgIpc) is 2.24. The van der Waals surface area contributed by atoms with Crippen LogP contribution in [0.2, 0.25) is 0 Å². The maximum atomic E-state index is 11.5. The lowest BCUT2D eigenvalue weighted by Gasteiger charge is -2.05. The minimum Gasteiger partial charge on any atom is -0.330 e. The van der Waals surface area contributed by atoms with E-state index in [0.717, 1.165) is 30.3 Å². The van der Waals surface area contributed by atoms with Crippen LogP contribution in [-0.4, -0.2) is 12.5 Å². The molecule has 0 bridgehead atoms. The van der Waals surface area contributed by atoms with Crippen molar-refractivity contribution in [2.45, 2.75) is 25.7 Å². The number of rotatable bonds is 6. The van der Waals surface area contributed by atoms with Crippen molar-refractivity contribution in [2.75, 3.05) is 11.9 Å². The van der Waals surface area contributed by atoms with Crippen molar-refractivity contribution >= 4 is 26.1 Å². The molecule has 0 fully saturated rings. The van der Waals surface area contributed by atoms with Gasteiger partial charge in [-0.05, 0) is 36.8 Å². The lowest BCUT2D eigenvalue weighted by molar-refractivity contribution is -0.116. The fourth-order valence-corrected chi connectivity index (χ4v) is 1.74. The SMILES string of the molecule is NCCCCCC(=O)Nc1cccc(P)c1. The number of carbonyl (C=O) groups excluding carboxylic acids is 1. The van der Waals surface area contributed by atoms with Crippen molar-refractivity contribution in [1.82, 2.24) is 0 Å². The second-order valence-corrected chi connectivity index (χ2v) is 4.44. The van der Waals surface area contributed by atoms with Crippen LogP contribution in [0.25, 0.3) is 0 Å². The Morgan fingerprint density at radius 3 is 2.81 bits per heavy atom. The van der Waals surface area contributed by atoms with Gasteiger partial charge in [0.1, 0.15) is 0 Å². The smallest absolute Gasteiger partial charge is 0.224 e. The zero-order chi connectivity index (χ0) is 11.8. The van der Waals surface area contributed by atoms with E-state index in [9.17, 15) is 4.79 Å². The minimum atomic E-state index is 0.0765. The fourth-order valence-electron chi connectivity index (χ4n) is 1.45. The third-order valence-corrected chi connectivity index (χ3v) is 2.64.